The van der Waals surface area contributed by atoms with Gasteiger partial charge in [-0.15, -0.1) is 0 Å². The number of ether oxygens (including phenoxy) is 2. The second kappa shape index (κ2) is 8.77. The standard InChI is InChI=1S/C25H20N4O3/c1-30-20-11-7-17(8-12-20)15-31-21-13-9-19(10-14-21)28-24-22-23(18-5-3-2-4-6-18)29-32-25(22)27-16-26-24/h2-14,16H,15H2,1H3,(H,26,27,28). The molecule has 7 heteroatoms. The van der Waals surface area contributed by atoms with E-state index in [-0.39, 0.29) is 0 Å². The molecule has 0 aliphatic carbocycles. The van der Waals surface area contributed by atoms with Crippen LogP contribution in [0.1, 0.15) is 5.56 Å². The first-order valence-electron chi connectivity index (χ1n) is 10.1. The molecule has 0 aliphatic rings. The molecule has 0 spiro atoms. The van der Waals surface area contributed by atoms with Crippen LogP contribution >= 0.6 is 0 Å². The van der Waals surface area contributed by atoms with Gasteiger partial charge in [0.15, 0.2) is 0 Å². The summed E-state index contributed by atoms with van der Waals surface area (Å²) >= 11 is 0. The Kier molecular flexibility index (Phi) is 5.36. The van der Waals surface area contributed by atoms with Crippen LogP contribution in [0.25, 0.3) is 22.4 Å². The molecule has 0 aliphatic heterocycles. The lowest BCUT2D eigenvalue weighted by molar-refractivity contribution is 0.306. The van der Waals surface area contributed by atoms with Crippen molar-refractivity contribution in [2.24, 2.45) is 0 Å². The Balaban J connectivity index is 1.33. The Labute approximate surface area is 184 Å². The third kappa shape index (κ3) is 4.09. The van der Waals surface area contributed by atoms with Crippen molar-refractivity contribution in [3.8, 4) is 22.8 Å². The summed E-state index contributed by atoms with van der Waals surface area (Å²) in [6.45, 7) is 0.477. The van der Waals surface area contributed by atoms with E-state index in [1.807, 2.05) is 78.9 Å². The summed E-state index contributed by atoms with van der Waals surface area (Å²) in [6.07, 6.45) is 1.46. The Bertz CT molecular complexity index is 1320. The fourth-order valence-electron chi connectivity index (χ4n) is 3.33. The maximum atomic E-state index is 5.89. The lowest BCUT2D eigenvalue weighted by Crippen LogP contribution is -1.97. The molecule has 0 fully saturated rings. The molecule has 32 heavy (non-hydrogen) atoms. The number of aromatic nitrogens is 3. The van der Waals surface area contributed by atoms with E-state index in [2.05, 4.69) is 20.4 Å². The highest BCUT2D eigenvalue weighted by molar-refractivity contribution is 5.98. The first-order valence-corrected chi connectivity index (χ1v) is 10.1. The van der Waals surface area contributed by atoms with E-state index < -0.39 is 0 Å². The second-order valence-corrected chi connectivity index (χ2v) is 7.09. The van der Waals surface area contributed by atoms with Gasteiger partial charge in [0.05, 0.1) is 7.11 Å². The Morgan fingerprint density at radius 2 is 1.59 bits per heavy atom. The van der Waals surface area contributed by atoms with Gasteiger partial charge in [0.25, 0.3) is 5.71 Å². The Morgan fingerprint density at radius 3 is 2.34 bits per heavy atom. The molecule has 2 aromatic heterocycles. The fourth-order valence-corrected chi connectivity index (χ4v) is 3.33. The van der Waals surface area contributed by atoms with Crippen LogP contribution in [0.2, 0.25) is 0 Å². The quantitative estimate of drug-likeness (QED) is 0.363. The van der Waals surface area contributed by atoms with Gasteiger partial charge >= 0.3 is 0 Å². The van der Waals surface area contributed by atoms with E-state index in [1.165, 1.54) is 6.33 Å². The minimum atomic E-state index is 0.431. The summed E-state index contributed by atoms with van der Waals surface area (Å²) < 4.78 is 16.5. The minimum Gasteiger partial charge on any atom is -0.497 e. The average Bonchev–Trinajstić information content (AvgIpc) is 3.30. The first-order chi connectivity index (χ1) is 15.8. The van der Waals surface area contributed by atoms with Gasteiger partial charge in [0.2, 0.25) is 0 Å². The van der Waals surface area contributed by atoms with Gasteiger partial charge in [-0.25, -0.2) is 4.98 Å². The number of nitrogens with one attached hydrogen (secondary N) is 1. The summed E-state index contributed by atoms with van der Waals surface area (Å²) in [6, 6.07) is 25.3. The highest BCUT2D eigenvalue weighted by Gasteiger charge is 2.16. The molecule has 7 nitrogen and oxygen atoms in total. The van der Waals surface area contributed by atoms with Gasteiger partial charge in [-0.05, 0) is 42.0 Å². The molecule has 0 saturated carbocycles. The summed E-state index contributed by atoms with van der Waals surface area (Å²) in [5, 5.41) is 8.27. The average molecular weight is 424 g/mol. The molecule has 5 aromatic rings. The van der Waals surface area contributed by atoms with Crippen molar-refractivity contribution in [2.45, 2.75) is 6.61 Å². The second-order valence-electron chi connectivity index (χ2n) is 7.09. The van der Waals surface area contributed by atoms with Crippen molar-refractivity contribution in [1.82, 2.24) is 15.1 Å². The summed E-state index contributed by atoms with van der Waals surface area (Å²) in [7, 11) is 1.65. The Morgan fingerprint density at radius 1 is 0.844 bits per heavy atom. The van der Waals surface area contributed by atoms with Gasteiger partial charge in [-0.1, -0.05) is 47.6 Å². The number of anilines is 2. The van der Waals surface area contributed by atoms with Crippen molar-refractivity contribution < 1.29 is 14.0 Å². The summed E-state index contributed by atoms with van der Waals surface area (Å²) in [4.78, 5) is 8.61. The largest absolute Gasteiger partial charge is 0.497 e. The molecule has 5 rings (SSSR count). The van der Waals surface area contributed by atoms with Crippen LogP contribution < -0.4 is 14.8 Å². The molecule has 0 bridgehead atoms. The molecular weight excluding hydrogens is 404 g/mol. The summed E-state index contributed by atoms with van der Waals surface area (Å²) in [5.74, 6) is 2.22. The number of methoxy groups -OCH3 is 1. The van der Waals surface area contributed by atoms with Crippen molar-refractivity contribution >= 4 is 22.6 Å². The van der Waals surface area contributed by atoms with Crippen LogP contribution in [0.4, 0.5) is 11.5 Å². The SMILES string of the molecule is COc1ccc(COc2ccc(Nc3ncnc4onc(-c5ccccc5)c34)cc2)cc1. The highest BCUT2D eigenvalue weighted by Crippen LogP contribution is 2.32. The van der Waals surface area contributed by atoms with E-state index in [1.54, 1.807) is 7.11 Å². The third-order valence-corrected chi connectivity index (χ3v) is 5.00. The van der Waals surface area contributed by atoms with Crippen molar-refractivity contribution in [3.63, 3.8) is 0 Å². The zero-order chi connectivity index (χ0) is 21.8. The molecular formula is C25H20N4O3. The predicted molar refractivity (Wildman–Crippen MR) is 122 cm³/mol. The number of hydrogen-bond acceptors (Lipinski definition) is 7. The van der Waals surface area contributed by atoms with Crippen LogP contribution in [0, 0.1) is 0 Å². The molecule has 3 aromatic carbocycles. The van der Waals surface area contributed by atoms with Crippen LogP contribution in [0.3, 0.4) is 0 Å². The molecule has 158 valence electrons. The van der Waals surface area contributed by atoms with E-state index >= 15 is 0 Å². The molecule has 2 heterocycles. The zero-order valence-electron chi connectivity index (χ0n) is 17.4. The molecule has 0 amide bonds. The number of benzene rings is 3. The van der Waals surface area contributed by atoms with Crippen LogP contribution in [0.15, 0.2) is 89.7 Å². The molecule has 0 radical (unpaired) electrons. The minimum absolute atomic E-state index is 0.431. The zero-order valence-corrected chi connectivity index (χ0v) is 17.4. The fraction of sp³-hybridized carbons (Fsp3) is 0.0800. The van der Waals surface area contributed by atoms with Crippen LogP contribution in [-0.2, 0) is 6.61 Å². The number of rotatable bonds is 7. The van der Waals surface area contributed by atoms with E-state index in [9.17, 15) is 0 Å². The van der Waals surface area contributed by atoms with Crippen LogP contribution in [0.5, 0.6) is 11.5 Å². The summed E-state index contributed by atoms with van der Waals surface area (Å²) in [5.41, 5.74) is 4.00. The smallest absolute Gasteiger partial charge is 0.263 e. The number of hydrogen-bond donors (Lipinski definition) is 1. The lowest BCUT2D eigenvalue weighted by Gasteiger charge is -2.10. The van der Waals surface area contributed by atoms with E-state index in [0.717, 1.165) is 33.7 Å². The Hall–Kier alpha value is -4.39. The molecule has 1 N–H and O–H groups in total. The number of nitrogens with zero attached hydrogens (tertiary/aromatic N) is 3. The van der Waals surface area contributed by atoms with Crippen molar-refractivity contribution in [1.29, 1.82) is 0 Å². The van der Waals surface area contributed by atoms with Gasteiger partial charge < -0.3 is 19.3 Å². The molecule has 0 saturated heterocycles. The maximum Gasteiger partial charge on any atom is 0.263 e. The first kappa shape index (κ1) is 19.6. The molecule has 0 unspecified atom stereocenters. The number of fused-ring (bicyclic) bond motifs is 1. The topological polar surface area (TPSA) is 82.3 Å². The van der Waals surface area contributed by atoms with Gasteiger partial charge in [-0.3, -0.25) is 0 Å². The van der Waals surface area contributed by atoms with E-state index in [0.29, 0.717) is 23.8 Å². The van der Waals surface area contributed by atoms with E-state index in [4.69, 9.17) is 14.0 Å². The normalized spacial score (nSPS) is 10.8. The van der Waals surface area contributed by atoms with Crippen molar-refractivity contribution in [2.75, 3.05) is 12.4 Å². The van der Waals surface area contributed by atoms with Gasteiger partial charge in [-0.2, -0.15) is 4.98 Å². The van der Waals surface area contributed by atoms with Crippen LogP contribution in [-0.4, -0.2) is 22.2 Å². The van der Waals surface area contributed by atoms with Gasteiger partial charge in [0.1, 0.15) is 41.3 Å². The highest BCUT2D eigenvalue weighted by atomic mass is 16.5. The monoisotopic (exact) mass is 424 g/mol. The maximum absolute atomic E-state index is 5.89. The van der Waals surface area contributed by atoms with Crippen molar-refractivity contribution in [3.05, 3.63) is 90.8 Å². The predicted octanol–water partition coefficient (Wildman–Crippen LogP) is 5.62. The lowest BCUT2D eigenvalue weighted by atomic mass is 10.1. The third-order valence-electron chi connectivity index (χ3n) is 5.00. The van der Waals surface area contributed by atoms with Gasteiger partial charge in [0, 0.05) is 11.3 Å². The molecule has 0 atom stereocenters.